The van der Waals surface area contributed by atoms with Gasteiger partial charge >= 0.3 is 6.03 Å². The standard InChI is InChI=1S/C14H23N5O/c1-3-11-7-6-10(2)19(11)14(20)15-9-13-17-16-12-5-4-8-18(12)13/h10-11H,3-9H2,1-2H3,(H,15,20)/t10-,11+/m0/s1. The van der Waals surface area contributed by atoms with Crippen molar-refractivity contribution in [1.29, 1.82) is 0 Å². The zero-order valence-electron chi connectivity index (χ0n) is 12.3. The predicted molar refractivity (Wildman–Crippen MR) is 75.2 cm³/mol. The van der Waals surface area contributed by atoms with Crippen LogP contribution in [-0.4, -0.2) is 37.8 Å². The molecule has 2 aliphatic rings. The van der Waals surface area contributed by atoms with E-state index >= 15 is 0 Å². The van der Waals surface area contributed by atoms with Crippen molar-refractivity contribution in [3.05, 3.63) is 11.6 Å². The van der Waals surface area contributed by atoms with E-state index in [0.29, 0.717) is 18.6 Å². The molecule has 0 spiro atoms. The van der Waals surface area contributed by atoms with Crippen LogP contribution in [-0.2, 0) is 19.5 Å². The van der Waals surface area contributed by atoms with Crippen LogP contribution in [0.25, 0.3) is 0 Å². The molecule has 1 N–H and O–H groups in total. The Labute approximate surface area is 119 Å². The Balaban J connectivity index is 1.61. The average molecular weight is 277 g/mol. The summed E-state index contributed by atoms with van der Waals surface area (Å²) in [4.78, 5) is 14.4. The molecule has 2 amide bonds. The van der Waals surface area contributed by atoms with Gasteiger partial charge in [0.15, 0.2) is 5.82 Å². The van der Waals surface area contributed by atoms with Gasteiger partial charge in [0, 0.05) is 25.0 Å². The fourth-order valence-corrected chi connectivity index (χ4v) is 3.43. The van der Waals surface area contributed by atoms with Crippen molar-refractivity contribution < 1.29 is 4.79 Å². The van der Waals surface area contributed by atoms with Crippen LogP contribution in [0.2, 0.25) is 0 Å². The van der Waals surface area contributed by atoms with Crippen LogP contribution in [0, 0.1) is 0 Å². The number of urea groups is 1. The largest absolute Gasteiger partial charge is 0.331 e. The fraction of sp³-hybridized carbons (Fsp3) is 0.786. The summed E-state index contributed by atoms with van der Waals surface area (Å²) >= 11 is 0. The van der Waals surface area contributed by atoms with Gasteiger partial charge in [-0.25, -0.2) is 4.79 Å². The maximum atomic E-state index is 12.4. The summed E-state index contributed by atoms with van der Waals surface area (Å²) in [5.41, 5.74) is 0. The van der Waals surface area contributed by atoms with Gasteiger partial charge in [-0.05, 0) is 32.6 Å². The Hall–Kier alpha value is -1.59. The molecule has 0 radical (unpaired) electrons. The molecule has 1 aromatic rings. The molecule has 3 rings (SSSR count). The van der Waals surface area contributed by atoms with Gasteiger partial charge in [-0.2, -0.15) is 0 Å². The molecule has 6 heteroatoms. The molecule has 1 saturated heterocycles. The lowest BCUT2D eigenvalue weighted by molar-refractivity contribution is 0.174. The molecule has 0 saturated carbocycles. The number of aromatic nitrogens is 3. The van der Waals surface area contributed by atoms with Crippen molar-refractivity contribution in [1.82, 2.24) is 25.0 Å². The van der Waals surface area contributed by atoms with Crippen molar-refractivity contribution >= 4 is 6.03 Å². The number of carbonyl (C=O) groups is 1. The van der Waals surface area contributed by atoms with Crippen LogP contribution in [0.4, 0.5) is 4.79 Å². The summed E-state index contributed by atoms with van der Waals surface area (Å²) in [7, 11) is 0. The van der Waals surface area contributed by atoms with Crippen LogP contribution in [0.5, 0.6) is 0 Å². The van der Waals surface area contributed by atoms with Crippen LogP contribution >= 0.6 is 0 Å². The fourth-order valence-electron chi connectivity index (χ4n) is 3.43. The molecule has 110 valence electrons. The number of hydrogen-bond donors (Lipinski definition) is 1. The minimum Gasteiger partial charge on any atom is -0.331 e. The summed E-state index contributed by atoms with van der Waals surface area (Å²) in [5.74, 6) is 1.93. The maximum Gasteiger partial charge on any atom is 0.318 e. The quantitative estimate of drug-likeness (QED) is 0.914. The number of carbonyl (C=O) groups excluding carboxylic acids is 1. The lowest BCUT2D eigenvalue weighted by atomic mass is 10.2. The summed E-state index contributed by atoms with van der Waals surface area (Å²) in [5, 5.41) is 11.4. The van der Waals surface area contributed by atoms with E-state index < -0.39 is 0 Å². The van der Waals surface area contributed by atoms with Gasteiger partial charge < -0.3 is 14.8 Å². The van der Waals surface area contributed by atoms with E-state index in [4.69, 9.17) is 0 Å². The van der Waals surface area contributed by atoms with E-state index in [-0.39, 0.29) is 6.03 Å². The summed E-state index contributed by atoms with van der Waals surface area (Å²) in [6.45, 7) is 5.73. The first-order valence-electron chi connectivity index (χ1n) is 7.67. The summed E-state index contributed by atoms with van der Waals surface area (Å²) in [6.07, 6.45) is 5.38. The van der Waals surface area contributed by atoms with Crippen molar-refractivity contribution in [3.63, 3.8) is 0 Å². The van der Waals surface area contributed by atoms with Crippen LogP contribution in [0.1, 0.15) is 51.2 Å². The Morgan fingerprint density at radius 2 is 2.25 bits per heavy atom. The van der Waals surface area contributed by atoms with E-state index in [1.54, 1.807) is 0 Å². The van der Waals surface area contributed by atoms with Crippen molar-refractivity contribution in [2.45, 2.75) is 71.1 Å². The number of rotatable bonds is 3. The van der Waals surface area contributed by atoms with E-state index in [2.05, 4.69) is 33.9 Å². The zero-order valence-corrected chi connectivity index (χ0v) is 12.3. The first kappa shape index (κ1) is 13.4. The third kappa shape index (κ3) is 2.27. The van der Waals surface area contributed by atoms with Crippen molar-refractivity contribution in [2.24, 2.45) is 0 Å². The lowest BCUT2D eigenvalue weighted by Crippen LogP contribution is -2.45. The molecule has 6 nitrogen and oxygen atoms in total. The van der Waals surface area contributed by atoms with E-state index in [1.165, 1.54) is 0 Å². The van der Waals surface area contributed by atoms with Gasteiger partial charge in [0.1, 0.15) is 5.82 Å². The Morgan fingerprint density at radius 1 is 1.40 bits per heavy atom. The highest BCUT2D eigenvalue weighted by Gasteiger charge is 2.33. The molecule has 0 aliphatic carbocycles. The molecule has 20 heavy (non-hydrogen) atoms. The number of nitrogens with one attached hydrogen (secondary N) is 1. The van der Waals surface area contributed by atoms with Gasteiger partial charge in [-0.3, -0.25) is 0 Å². The average Bonchev–Trinajstić information content (AvgIpc) is 3.11. The third-order valence-electron chi connectivity index (χ3n) is 4.58. The number of aryl methyl sites for hydroxylation is 1. The lowest BCUT2D eigenvalue weighted by Gasteiger charge is -2.28. The topological polar surface area (TPSA) is 63.1 Å². The molecule has 0 unspecified atom stereocenters. The number of nitrogens with zero attached hydrogens (tertiary/aromatic N) is 4. The smallest absolute Gasteiger partial charge is 0.318 e. The first-order chi connectivity index (χ1) is 9.70. The third-order valence-corrected chi connectivity index (χ3v) is 4.58. The van der Waals surface area contributed by atoms with Crippen LogP contribution in [0.15, 0.2) is 0 Å². The monoisotopic (exact) mass is 277 g/mol. The highest BCUT2D eigenvalue weighted by Crippen LogP contribution is 2.25. The SMILES string of the molecule is CC[C@@H]1CC[C@H](C)N1C(=O)NCc1nnc2n1CCC2. The molecule has 1 aromatic heterocycles. The minimum absolute atomic E-state index is 0.0391. The van der Waals surface area contributed by atoms with Crippen molar-refractivity contribution in [2.75, 3.05) is 0 Å². The predicted octanol–water partition coefficient (Wildman–Crippen LogP) is 1.70. The molecule has 2 aliphatic heterocycles. The van der Waals surface area contributed by atoms with Gasteiger partial charge in [0.05, 0.1) is 6.54 Å². The van der Waals surface area contributed by atoms with E-state index in [0.717, 1.165) is 50.3 Å². The number of amides is 2. The molecule has 0 bridgehead atoms. The second-order valence-corrected chi connectivity index (χ2v) is 5.84. The number of hydrogen-bond acceptors (Lipinski definition) is 3. The van der Waals surface area contributed by atoms with Crippen LogP contribution in [0.3, 0.4) is 0 Å². The molecular weight excluding hydrogens is 254 g/mol. The highest BCUT2D eigenvalue weighted by atomic mass is 16.2. The van der Waals surface area contributed by atoms with E-state index in [9.17, 15) is 4.79 Å². The molecule has 1 fully saturated rings. The molecular formula is C14H23N5O. The zero-order chi connectivity index (χ0) is 14.1. The second-order valence-electron chi connectivity index (χ2n) is 5.84. The van der Waals surface area contributed by atoms with Gasteiger partial charge in [-0.1, -0.05) is 6.92 Å². The Kier molecular flexibility index (Phi) is 3.63. The Morgan fingerprint density at radius 3 is 3.05 bits per heavy atom. The molecule has 3 heterocycles. The van der Waals surface area contributed by atoms with Crippen LogP contribution < -0.4 is 5.32 Å². The van der Waals surface area contributed by atoms with Gasteiger partial charge in [-0.15, -0.1) is 10.2 Å². The first-order valence-corrected chi connectivity index (χ1v) is 7.67. The Bertz CT molecular complexity index is 498. The number of fused-ring (bicyclic) bond motifs is 1. The molecule has 0 aromatic carbocycles. The van der Waals surface area contributed by atoms with E-state index in [1.807, 2.05) is 4.90 Å². The number of likely N-dealkylation sites (tertiary alicyclic amines) is 1. The second kappa shape index (κ2) is 5.42. The summed E-state index contributed by atoms with van der Waals surface area (Å²) in [6, 6.07) is 0.760. The summed E-state index contributed by atoms with van der Waals surface area (Å²) < 4.78 is 2.13. The van der Waals surface area contributed by atoms with Gasteiger partial charge in [0.25, 0.3) is 0 Å². The maximum absolute atomic E-state index is 12.4. The highest BCUT2D eigenvalue weighted by molar-refractivity contribution is 5.75. The van der Waals surface area contributed by atoms with Gasteiger partial charge in [0.2, 0.25) is 0 Å². The molecule has 2 atom stereocenters. The minimum atomic E-state index is 0.0391. The van der Waals surface area contributed by atoms with Crippen molar-refractivity contribution in [3.8, 4) is 0 Å². The normalized spacial score (nSPS) is 25.0.